The number of anilines is 2. The van der Waals surface area contributed by atoms with E-state index < -0.39 is 15.8 Å². The predicted molar refractivity (Wildman–Crippen MR) is 109 cm³/mol. The van der Waals surface area contributed by atoms with Crippen LogP contribution in [0.3, 0.4) is 0 Å². The number of rotatable bonds is 6. The number of hydrogen-bond acceptors (Lipinski definition) is 6. The van der Waals surface area contributed by atoms with Crippen LogP contribution in [0.15, 0.2) is 28.6 Å². The van der Waals surface area contributed by atoms with Gasteiger partial charge >= 0.3 is 0 Å². The lowest BCUT2D eigenvalue weighted by atomic mass is 9.91. The third kappa shape index (κ3) is 3.57. The summed E-state index contributed by atoms with van der Waals surface area (Å²) < 4.78 is 41.9. The Morgan fingerprint density at radius 3 is 2.70 bits per heavy atom. The van der Waals surface area contributed by atoms with Gasteiger partial charge in [-0.3, -0.25) is 9.62 Å². The summed E-state index contributed by atoms with van der Waals surface area (Å²) in [5.41, 5.74) is 1.52. The zero-order chi connectivity index (χ0) is 19.1. The molecular weight excluding hydrogens is 386 g/mol. The third-order valence-electron chi connectivity index (χ3n) is 5.64. The second-order valence-corrected chi connectivity index (χ2v) is 9.86. The van der Waals surface area contributed by atoms with E-state index in [9.17, 15) is 12.8 Å². The van der Waals surface area contributed by atoms with E-state index in [-0.39, 0.29) is 15.6 Å². The Morgan fingerprint density at radius 1 is 1.30 bits per heavy atom. The largest absolute Gasteiger partial charge is 0.384 e. The molecule has 2 aliphatic heterocycles. The number of nitrogens with one attached hydrogen (secondary N) is 2. The van der Waals surface area contributed by atoms with Crippen molar-refractivity contribution in [3.05, 3.63) is 29.5 Å². The molecule has 1 aromatic heterocycles. The van der Waals surface area contributed by atoms with E-state index in [2.05, 4.69) is 19.9 Å². The lowest BCUT2D eigenvalue weighted by molar-refractivity contribution is 0.209. The summed E-state index contributed by atoms with van der Waals surface area (Å²) >= 11 is 1.15. The monoisotopic (exact) mass is 408 g/mol. The molecule has 1 aromatic carbocycles. The van der Waals surface area contributed by atoms with Crippen LogP contribution in [0.2, 0.25) is 0 Å². The first-order valence-electron chi connectivity index (χ1n) is 9.11. The molecule has 0 spiro atoms. The van der Waals surface area contributed by atoms with E-state index in [1.165, 1.54) is 31.2 Å². The minimum atomic E-state index is -4.01. The highest BCUT2D eigenvalue weighted by atomic mass is 32.2. The lowest BCUT2D eigenvalue weighted by Crippen LogP contribution is -2.44. The molecule has 2 N–H and O–H groups in total. The number of fused-ring (bicyclic) bond motifs is 1. The van der Waals surface area contributed by atoms with Crippen LogP contribution in [0.25, 0.3) is 0 Å². The van der Waals surface area contributed by atoms with E-state index >= 15 is 0 Å². The Balaban J connectivity index is 1.53. The van der Waals surface area contributed by atoms with Crippen LogP contribution in [0.1, 0.15) is 25.7 Å². The van der Waals surface area contributed by atoms with Gasteiger partial charge in [0.15, 0.2) is 5.13 Å². The Labute approximate surface area is 163 Å². The molecular formula is C17H22BFN4O2S2. The number of thiazole rings is 1. The summed E-state index contributed by atoms with van der Waals surface area (Å²) in [7, 11) is -2.22. The highest BCUT2D eigenvalue weighted by Gasteiger charge is 2.43. The number of aromatic nitrogens is 1. The molecule has 2 aromatic rings. The zero-order valence-corrected chi connectivity index (χ0v) is 16.8. The molecule has 2 aliphatic rings. The number of benzene rings is 1. The van der Waals surface area contributed by atoms with Gasteiger partial charge in [0.2, 0.25) is 0 Å². The molecule has 2 fully saturated rings. The molecule has 27 heavy (non-hydrogen) atoms. The van der Waals surface area contributed by atoms with Gasteiger partial charge in [-0.1, -0.05) is 5.46 Å². The van der Waals surface area contributed by atoms with Crippen molar-refractivity contribution in [3.63, 3.8) is 0 Å². The average Bonchev–Trinajstić information content (AvgIpc) is 3.31. The Kier molecular flexibility index (Phi) is 4.90. The smallest absolute Gasteiger partial charge is 0.266 e. The van der Waals surface area contributed by atoms with Crippen molar-refractivity contribution in [1.29, 1.82) is 0 Å². The fourth-order valence-electron chi connectivity index (χ4n) is 4.27. The maximum Gasteiger partial charge on any atom is 0.266 e. The first-order valence-corrected chi connectivity index (χ1v) is 11.5. The second kappa shape index (κ2) is 7.07. The fourth-order valence-corrected chi connectivity index (χ4v) is 6.20. The van der Waals surface area contributed by atoms with Crippen molar-refractivity contribution >= 4 is 45.5 Å². The van der Waals surface area contributed by atoms with Gasteiger partial charge in [0, 0.05) is 29.3 Å². The maximum atomic E-state index is 14.6. The van der Waals surface area contributed by atoms with Crippen molar-refractivity contribution in [2.24, 2.45) is 0 Å². The van der Waals surface area contributed by atoms with E-state index in [1.54, 1.807) is 13.2 Å². The average molecular weight is 408 g/mol. The first-order chi connectivity index (χ1) is 12.9. The van der Waals surface area contributed by atoms with E-state index in [0.717, 1.165) is 43.8 Å². The van der Waals surface area contributed by atoms with Crippen LogP contribution >= 0.6 is 11.3 Å². The van der Waals surface area contributed by atoms with Crippen LogP contribution in [0.4, 0.5) is 15.2 Å². The molecule has 0 atom stereocenters. The molecule has 0 bridgehead atoms. The van der Waals surface area contributed by atoms with E-state index in [0.29, 0.717) is 11.2 Å². The summed E-state index contributed by atoms with van der Waals surface area (Å²) in [4.78, 5) is 6.06. The van der Waals surface area contributed by atoms with Crippen molar-refractivity contribution in [2.45, 2.75) is 36.1 Å². The highest BCUT2D eigenvalue weighted by Crippen LogP contribution is 2.38. The van der Waals surface area contributed by atoms with Crippen molar-refractivity contribution < 1.29 is 12.8 Å². The maximum absolute atomic E-state index is 14.6. The van der Waals surface area contributed by atoms with Gasteiger partial charge in [-0.25, -0.2) is 17.8 Å². The second-order valence-electron chi connectivity index (χ2n) is 7.31. The molecule has 10 heteroatoms. The van der Waals surface area contributed by atoms with Gasteiger partial charge in [-0.2, -0.15) is 0 Å². The number of nitrogens with zero attached hydrogens (tertiary/aromatic N) is 2. The van der Waals surface area contributed by atoms with E-state index in [1.807, 2.05) is 0 Å². The Bertz CT molecular complexity index is 927. The van der Waals surface area contributed by atoms with Gasteiger partial charge < -0.3 is 5.32 Å². The zero-order valence-electron chi connectivity index (χ0n) is 15.2. The fraction of sp³-hybridized carbons (Fsp3) is 0.471. The van der Waals surface area contributed by atoms with Gasteiger partial charge in [0.1, 0.15) is 18.6 Å². The Morgan fingerprint density at radius 2 is 2.04 bits per heavy atom. The number of sulfonamides is 1. The molecule has 0 amide bonds. The first kappa shape index (κ1) is 18.7. The van der Waals surface area contributed by atoms with Crippen LogP contribution in [0, 0.1) is 5.82 Å². The van der Waals surface area contributed by atoms with Crippen LogP contribution in [-0.2, 0) is 10.0 Å². The summed E-state index contributed by atoms with van der Waals surface area (Å²) in [5.74, 6) is -0.764. The lowest BCUT2D eigenvalue weighted by Gasteiger charge is -2.33. The molecule has 0 unspecified atom stereocenters. The van der Waals surface area contributed by atoms with Crippen molar-refractivity contribution in [1.82, 2.24) is 9.88 Å². The minimum Gasteiger partial charge on any atom is -0.384 e. The van der Waals surface area contributed by atoms with Crippen LogP contribution in [-0.4, -0.2) is 51.3 Å². The Hall–Kier alpha value is -1.65. The molecule has 2 saturated heterocycles. The van der Waals surface area contributed by atoms with Gasteiger partial charge in [0.05, 0.1) is 0 Å². The molecule has 6 nitrogen and oxygen atoms in total. The standard InChI is InChI=1S/C17H22BFN4O2S2/c18-12-9-15(27(24,25)22-16-20-5-8-26-16)13(19)10-14(12)21-11-17-3-1-6-23(17)7-2-4-17/h5,8-10,21H,1-4,6-7,11,18H2,(H,20,22). The molecule has 0 radical (unpaired) electrons. The van der Waals surface area contributed by atoms with Gasteiger partial charge in [-0.15, -0.1) is 11.3 Å². The summed E-state index contributed by atoms with van der Waals surface area (Å²) in [6, 6.07) is 2.67. The summed E-state index contributed by atoms with van der Waals surface area (Å²) in [5, 5.41) is 5.25. The van der Waals surface area contributed by atoms with Crippen molar-refractivity contribution in [3.8, 4) is 0 Å². The van der Waals surface area contributed by atoms with Gasteiger partial charge in [0.25, 0.3) is 10.0 Å². The van der Waals surface area contributed by atoms with Crippen LogP contribution in [0.5, 0.6) is 0 Å². The quantitative estimate of drug-likeness (QED) is 0.707. The highest BCUT2D eigenvalue weighted by molar-refractivity contribution is 7.93. The normalized spacial score (nSPS) is 19.1. The molecule has 3 heterocycles. The van der Waals surface area contributed by atoms with Gasteiger partial charge in [-0.05, 0) is 50.9 Å². The topological polar surface area (TPSA) is 74.3 Å². The minimum absolute atomic E-state index is 0.167. The summed E-state index contributed by atoms with van der Waals surface area (Å²) in [6.45, 7) is 3.03. The van der Waals surface area contributed by atoms with Crippen LogP contribution < -0.4 is 15.5 Å². The molecule has 0 aliphatic carbocycles. The molecule has 0 saturated carbocycles. The summed E-state index contributed by atoms with van der Waals surface area (Å²) in [6.07, 6.45) is 6.21. The third-order valence-corrected chi connectivity index (χ3v) is 7.81. The molecule has 4 rings (SSSR count). The SMILES string of the molecule is Bc1cc(S(=O)(=O)Nc2nccs2)c(F)cc1NCC12CCCN1CCC2. The van der Waals surface area contributed by atoms with E-state index in [4.69, 9.17) is 0 Å². The molecule has 144 valence electrons. The number of hydrogen-bond donors (Lipinski definition) is 2. The predicted octanol–water partition coefficient (Wildman–Crippen LogP) is 1.38. The number of halogens is 1. The van der Waals surface area contributed by atoms with Crippen molar-refractivity contribution in [2.75, 3.05) is 29.7 Å².